The second-order valence-electron chi connectivity index (χ2n) is 15.6. The number of fused-ring (bicyclic) bond motifs is 6. The Morgan fingerprint density at radius 2 is 0.828 bits per heavy atom. The highest BCUT2D eigenvalue weighted by Crippen LogP contribution is 2.49. The molecule has 0 N–H and O–H groups in total. The van der Waals surface area contributed by atoms with Crippen molar-refractivity contribution >= 4 is 21.9 Å². The van der Waals surface area contributed by atoms with Crippen LogP contribution < -0.4 is 0 Å². The van der Waals surface area contributed by atoms with Crippen molar-refractivity contribution in [3.8, 4) is 78.7 Å². The summed E-state index contributed by atoms with van der Waals surface area (Å²) in [7, 11) is 0. The molecule has 0 fully saturated rings. The van der Waals surface area contributed by atoms with Gasteiger partial charge in [0.05, 0.1) is 0 Å². The first kappa shape index (κ1) is 33.9. The van der Waals surface area contributed by atoms with Crippen LogP contribution in [0.5, 0.6) is 0 Å². The largest absolute Gasteiger partial charge is 0.456 e. The van der Waals surface area contributed by atoms with Crippen LogP contribution in [-0.2, 0) is 5.41 Å². The SMILES string of the molecule is CC1(C)c2ccccc2-c2ccc(-c3nc(-c4ccc(-c5ccccc5)cc4)nc(-c4ccc5c(c4)oc4cccc(-c6ccc(-c7ccccc7)cc6)c45)n3)cc21. The van der Waals surface area contributed by atoms with Crippen molar-refractivity contribution in [2.24, 2.45) is 0 Å². The van der Waals surface area contributed by atoms with Crippen molar-refractivity contribution in [2.75, 3.05) is 0 Å². The fourth-order valence-corrected chi connectivity index (χ4v) is 8.73. The van der Waals surface area contributed by atoms with Crippen LogP contribution in [0.15, 0.2) is 192 Å². The molecule has 0 amide bonds. The third-order valence-corrected chi connectivity index (χ3v) is 11.8. The molecular formula is C54H37N3O. The number of benzene rings is 8. The fraction of sp³-hybridized carbons (Fsp3) is 0.0556. The van der Waals surface area contributed by atoms with E-state index in [0.717, 1.165) is 55.3 Å². The first-order chi connectivity index (χ1) is 28.5. The summed E-state index contributed by atoms with van der Waals surface area (Å²) in [6.07, 6.45) is 0. The van der Waals surface area contributed by atoms with Crippen LogP contribution >= 0.6 is 0 Å². The summed E-state index contributed by atoms with van der Waals surface area (Å²) in [4.78, 5) is 15.5. The smallest absolute Gasteiger partial charge is 0.164 e. The number of aromatic nitrogens is 3. The maximum Gasteiger partial charge on any atom is 0.164 e. The zero-order valence-electron chi connectivity index (χ0n) is 32.1. The maximum absolute atomic E-state index is 6.59. The van der Waals surface area contributed by atoms with Crippen molar-refractivity contribution in [3.05, 3.63) is 199 Å². The van der Waals surface area contributed by atoms with Crippen LogP contribution in [-0.4, -0.2) is 15.0 Å². The standard InChI is InChI=1S/C54H37N3O/c1-54(2)46-18-10-9-16-43(46)44-30-28-40(32-47(44)54)52-55-51(39-26-22-37(23-27-39)35-14-7-4-8-15-35)56-53(57-52)41-29-31-45-49(33-41)58-48-19-11-17-42(50(45)48)38-24-20-36(21-25-38)34-12-5-3-6-13-34/h3-33H,1-2H3. The van der Waals surface area contributed by atoms with Gasteiger partial charge < -0.3 is 4.42 Å². The summed E-state index contributed by atoms with van der Waals surface area (Å²) in [6, 6.07) is 66.1. The van der Waals surface area contributed by atoms with Crippen LogP contribution in [0.3, 0.4) is 0 Å². The highest BCUT2D eigenvalue weighted by atomic mass is 16.3. The Hall–Kier alpha value is -7.43. The Morgan fingerprint density at radius 1 is 0.345 bits per heavy atom. The van der Waals surface area contributed by atoms with Crippen LogP contribution in [0.1, 0.15) is 25.0 Å². The van der Waals surface area contributed by atoms with E-state index < -0.39 is 0 Å². The minimum absolute atomic E-state index is 0.150. The molecule has 11 rings (SSSR count). The van der Waals surface area contributed by atoms with Crippen LogP contribution in [0.2, 0.25) is 0 Å². The van der Waals surface area contributed by atoms with E-state index in [2.05, 4.69) is 184 Å². The van der Waals surface area contributed by atoms with Crippen molar-refractivity contribution in [3.63, 3.8) is 0 Å². The van der Waals surface area contributed by atoms with E-state index in [-0.39, 0.29) is 5.41 Å². The van der Waals surface area contributed by atoms with Crippen molar-refractivity contribution in [1.82, 2.24) is 15.0 Å². The number of rotatable bonds is 6. The topological polar surface area (TPSA) is 51.8 Å². The van der Waals surface area contributed by atoms with Crippen molar-refractivity contribution in [1.29, 1.82) is 0 Å². The van der Waals surface area contributed by atoms with Crippen LogP contribution in [0.4, 0.5) is 0 Å². The first-order valence-electron chi connectivity index (χ1n) is 19.8. The second kappa shape index (κ2) is 13.4. The van der Waals surface area contributed by atoms with E-state index in [4.69, 9.17) is 19.4 Å². The van der Waals surface area contributed by atoms with Gasteiger partial charge in [0.2, 0.25) is 0 Å². The van der Waals surface area contributed by atoms with Gasteiger partial charge in [0.25, 0.3) is 0 Å². The predicted molar refractivity (Wildman–Crippen MR) is 237 cm³/mol. The molecule has 0 bridgehead atoms. The Labute approximate surface area is 337 Å². The van der Waals surface area contributed by atoms with E-state index in [9.17, 15) is 0 Å². The lowest BCUT2D eigenvalue weighted by Gasteiger charge is -2.21. The number of furan rings is 1. The first-order valence-corrected chi connectivity index (χ1v) is 19.8. The number of nitrogens with zero attached hydrogens (tertiary/aromatic N) is 3. The molecule has 4 heteroatoms. The molecule has 0 spiro atoms. The molecule has 2 aromatic heterocycles. The van der Waals surface area contributed by atoms with E-state index in [1.807, 2.05) is 18.2 Å². The molecule has 0 aliphatic heterocycles. The summed E-state index contributed by atoms with van der Waals surface area (Å²) in [5.41, 5.74) is 16.4. The van der Waals surface area contributed by atoms with Crippen LogP contribution in [0.25, 0.3) is 101 Å². The maximum atomic E-state index is 6.59. The molecule has 274 valence electrons. The molecule has 1 aliphatic carbocycles. The van der Waals surface area contributed by atoms with Crippen molar-refractivity contribution < 1.29 is 4.42 Å². The molecule has 0 saturated carbocycles. The molecule has 58 heavy (non-hydrogen) atoms. The van der Waals surface area contributed by atoms with Gasteiger partial charge in [0.15, 0.2) is 17.5 Å². The Balaban J connectivity index is 1.02. The van der Waals surface area contributed by atoms with Crippen LogP contribution in [0, 0.1) is 0 Å². The summed E-state index contributed by atoms with van der Waals surface area (Å²) in [5.74, 6) is 1.84. The highest BCUT2D eigenvalue weighted by molar-refractivity contribution is 6.13. The van der Waals surface area contributed by atoms with Gasteiger partial charge in [0.1, 0.15) is 11.2 Å². The Kier molecular flexibility index (Phi) is 7.80. The number of hydrogen-bond donors (Lipinski definition) is 0. The predicted octanol–water partition coefficient (Wildman–Crippen LogP) is 14.1. The van der Waals surface area contributed by atoms with E-state index in [0.29, 0.717) is 17.5 Å². The molecule has 0 saturated heterocycles. The lowest BCUT2D eigenvalue weighted by Crippen LogP contribution is -2.15. The van der Waals surface area contributed by atoms with E-state index in [1.54, 1.807) is 0 Å². The van der Waals surface area contributed by atoms with E-state index >= 15 is 0 Å². The average molecular weight is 744 g/mol. The lowest BCUT2D eigenvalue weighted by atomic mass is 9.82. The molecule has 0 unspecified atom stereocenters. The van der Waals surface area contributed by atoms with Gasteiger partial charge in [-0.15, -0.1) is 0 Å². The normalized spacial score (nSPS) is 12.8. The van der Waals surface area contributed by atoms with E-state index in [1.165, 1.54) is 38.9 Å². The van der Waals surface area contributed by atoms with Crippen molar-refractivity contribution in [2.45, 2.75) is 19.3 Å². The molecule has 10 aromatic rings. The molecule has 0 atom stereocenters. The summed E-state index contributed by atoms with van der Waals surface area (Å²) in [5, 5.41) is 2.14. The monoisotopic (exact) mass is 743 g/mol. The van der Waals surface area contributed by atoms with Gasteiger partial charge >= 0.3 is 0 Å². The molecule has 1 aliphatic rings. The highest BCUT2D eigenvalue weighted by Gasteiger charge is 2.35. The fourth-order valence-electron chi connectivity index (χ4n) is 8.73. The van der Waals surface area contributed by atoms with Gasteiger partial charge in [-0.05, 0) is 79.9 Å². The minimum atomic E-state index is -0.150. The van der Waals surface area contributed by atoms with Gasteiger partial charge in [-0.25, -0.2) is 15.0 Å². The summed E-state index contributed by atoms with van der Waals surface area (Å²) >= 11 is 0. The molecule has 8 aromatic carbocycles. The third kappa shape index (κ3) is 5.64. The zero-order valence-corrected chi connectivity index (χ0v) is 32.1. The third-order valence-electron chi connectivity index (χ3n) is 11.8. The lowest BCUT2D eigenvalue weighted by molar-refractivity contribution is 0.660. The second-order valence-corrected chi connectivity index (χ2v) is 15.6. The quantitative estimate of drug-likeness (QED) is 0.170. The minimum Gasteiger partial charge on any atom is -0.456 e. The van der Waals surface area contributed by atoms with Gasteiger partial charge in [0, 0.05) is 32.9 Å². The van der Waals surface area contributed by atoms with Gasteiger partial charge in [-0.1, -0.05) is 178 Å². The Morgan fingerprint density at radius 3 is 1.50 bits per heavy atom. The zero-order chi connectivity index (χ0) is 38.8. The average Bonchev–Trinajstić information content (AvgIpc) is 3.78. The molecular weight excluding hydrogens is 707 g/mol. The van der Waals surface area contributed by atoms with Gasteiger partial charge in [-0.3, -0.25) is 0 Å². The molecule has 4 nitrogen and oxygen atoms in total. The Bertz CT molecular complexity index is 3160. The summed E-state index contributed by atoms with van der Waals surface area (Å²) in [6.45, 7) is 4.60. The number of hydrogen-bond acceptors (Lipinski definition) is 4. The molecule has 2 heterocycles. The molecule has 0 radical (unpaired) electrons. The summed E-state index contributed by atoms with van der Waals surface area (Å²) < 4.78 is 6.59. The van der Waals surface area contributed by atoms with Gasteiger partial charge in [-0.2, -0.15) is 0 Å².